The fourth-order valence-corrected chi connectivity index (χ4v) is 4.57. The van der Waals surface area contributed by atoms with Crippen molar-refractivity contribution in [2.45, 2.75) is 32.4 Å². The maximum atomic E-state index is 12.1. The number of aryl methyl sites for hydroxylation is 1. The molecule has 3 heterocycles. The lowest BCUT2D eigenvalue weighted by molar-refractivity contribution is -0.0309. The lowest BCUT2D eigenvalue weighted by atomic mass is 10.2. The van der Waals surface area contributed by atoms with E-state index in [1.54, 1.807) is 24.3 Å². The number of pyridine rings is 1. The van der Waals surface area contributed by atoms with Crippen molar-refractivity contribution in [2.75, 3.05) is 29.5 Å². The van der Waals surface area contributed by atoms with Crippen molar-refractivity contribution in [1.29, 1.82) is 0 Å². The van der Waals surface area contributed by atoms with Crippen molar-refractivity contribution in [3.05, 3.63) is 40.3 Å². The van der Waals surface area contributed by atoms with E-state index in [1.807, 2.05) is 11.5 Å². The van der Waals surface area contributed by atoms with Crippen LogP contribution in [0.2, 0.25) is 10.2 Å². The highest BCUT2D eigenvalue weighted by molar-refractivity contribution is 7.92. The van der Waals surface area contributed by atoms with Gasteiger partial charge in [0.2, 0.25) is 10.0 Å². The van der Waals surface area contributed by atoms with Gasteiger partial charge in [0.15, 0.2) is 5.65 Å². The van der Waals surface area contributed by atoms with Crippen LogP contribution in [0.1, 0.15) is 31.3 Å². The average Bonchev–Trinajstić information content (AvgIpc) is 3.04. The first-order valence-electron chi connectivity index (χ1n) is 9.82. The highest BCUT2D eigenvalue weighted by atomic mass is 35.5. The summed E-state index contributed by atoms with van der Waals surface area (Å²) in [4.78, 5) is 9.21. The third-order valence-electron chi connectivity index (χ3n) is 5.30. The Hall–Kier alpha value is -2.07. The van der Waals surface area contributed by atoms with Crippen LogP contribution in [0.25, 0.3) is 11.2 Å². The van der Waals surface area contributed by atoms with Crippen LogP contribution in [0.3, 0.4) is 0 Å². The van der Waals surface area contributed by atoms with Gasteiger partial charge < -0.3 is 10.1 Å². The Bertz CT molecular complexity index is 1240. The van der Waals surface area contributed by atoms with E-state index < -0.39 is 10.0 Å². The number of imidazole rings is 1. The summed E-state index contributed by atoms with van der Waals surface area (Å²) in [7, 11) is -2.02. The molecular formula is C20H23Cl2N5O3S. The monoisotopic (exact) mass is 483 g/mol. The van der Waals surface area contributed by atoms with Gasteiger partial charge in [-0.1, -0.05) is 23.2 Å². The predicted molar refractivity (Wildman–Crippen MR) is 124 cm³/mol. The highest BCUT2D eigenvalue weighted by Gasteiger charge is 2.24. The molecule has 1 N–H and O–H groups in total. The molecular weight excluding hydrogens is 461 g/mol. The lowest BCUT2D eigenvalue weighted by Crippen LogP contribution is -2.25. The van der Waals surface area contributed by atoms with Gasteiger partial charge in [-0.3, -0.25) is 8.87 Å². The topological polar surface area (TPSA) is 89.4 Å². The first-order chi connectivity index (χ1) is 14.6. The van der Waals surface area contributed by atoms with Gasteiger partial charge in [-0.25, -0.2) is 18.4 Å². The van der Waals surface area contributed by atoms with Crippen molar-refractivity contribution in [2.24, 2.45) is 0 Å². The minimum atomic E-state index is -3.50. The molecule has 0 aliphatic carbocycles. The van der Waals surface area contributed by atoms with Gasteiger partial charge in [-0.05, 0) is 44.4 Å². The third-order valence-corrected chi connectivity index (χ3v) is 6.92. The number of nitrogens with zero attached hydrogens (tertiary/aromatic N) is 4. The summed E-state index contributed by atoms with van der Waals surface area (Å²) in [6.07, 6.45) is 3.98. The number of rotatable bonds is 5. The minimum Gasteiger partial charge on any atom is -0.358 e. The van der Waals surface area contributed by atoms with Crippen molar-refractivity contribution in [3.63, 3.8) is 0 Å². The number of hydrogen-bond acceptors (Lipinski definition) is 6. The molecule has 3 aromatic rings. The summed E-state index contributed by atoms with van der Waals surface area (Å²) < 4.78 is 33.3. The number of fused-ring (bicyclic) bond motifs is 1. The molecule has 4 rings (SSSR count). The van der Waals surface area contributed by atoms with Crippen molar-refractivity contribution < 1.29 is 13.2 Å². The second-order valence-corrected chi connectivity index (χ2v) is 10.4. The first-order valence-corrected chi connectivity index (χ1v) is 12.4. The standard InChI is InChI=1S/C20H23Cl2N5O3S/c1-12-23-19-15(11-17(22)25-20(19)27(12)18-6-4-5-9-30-18)24-14-8-7-13(21)10-16(14)26(2)31(3,28)29/h7-8,10-11,18H,4-6,9H2,1-3H3,(H,24,25). The average molecular weight is 484 g/mol. The number of benzene rings is 1. The molecule has 1 aromatic carbocycles. The molecule has 166 valence electrons. The zero-order valence-electron chi connectivity index (χ0n) is 17.4. The van der Waals surface area contributed by atoms with Crippen LogP contribution in [0, 0.1) is 6.92 Å². The van der Waals surface area contributed by atoms with E-state index >= 15 is 0 Å². The van der Waals surface area contributed by atoms with E-state index in [-0.39, 0.29) is 6.23 Å². The van der Waals surface area contributed by atoms with E-state index in [0.29, 0.717) is 45.0 Å². The van der Waals surface area contributed by atoms with Crippen LogP contribution in [-0.2, 0) is 14.8 Å². The molecule has 1 aliphatic rings. The third kappa shape index (κ3) is 4.45. The summed E-state index contributed by atoms with van der Waals surface area (Å²) in [5.41, 5.74) is 2.80. The summed E-state index contributed by atoms with van der Waals surface area (Å²) in [5, 5.41) is 3.98. The molecule has 0 amide bonds. The molecule has 1 saturated heterocycles. The Morgan fingerprint density at radius 3 is 2.65 bits per heavy atom. The van der Waals surface area contributed by atoms with E-state index in [9.17, 15) is 8.42 Å². The number of hydrogen-bond donors (Lipinski definition) is 1. The Labute approximate surface area is 191 Å². The summed E-state index contributed by atoms with van der Waals surface area (Å²) >= 11 is 12.5. The Morgan fingerprint density at radius 2 is 1.97 bits per heavy atom. The molecule has 0 spiro atoms. The number of aromatic nitrogens is 3. The van der Waals surface area contributed by atoms with Crippen LogP contribution >= 0.6 is 23.2 Å². The van der Waals surface area contributed by atoms with Gasteiger partial charge in [-0.15, -0.1) is 0 Å². The molecule has 1 fully saturated rings. The summed E-state index contributed by atoms with van der Waals surface area (Å²) in [6, 6.07) is 6.66. The second-order valence-electron chi connectivity index (χ2n) is 7.53. The van der Waals surface area contributed by atoms with Gasteiger partial charge in [0.1, 0.15) is 22.7 Å². The maximum absolute atomic E-state index is 12.1. The van der Waals surface area contributed by atoms with Gasteiger partial charge in [-0.2, -0.15) is 0 Å². The number of nitrogens with one attached hydrogen (secondary N) is 1. The molecule has 8 nitrogen and oxygen atoms in total. The van der Waals surface area contributed by atoms with Crippen LogP contribution in [0.4, 0.5) is 17.1 Å². The fourth-order valence-electron chi connectivity index (χ4n) is 3.70. The molecule has 2 aromatic heterocycles. The Morgan fingerprint density at radius 1 is 1.19 bits per heavy atom. The highest BCUT2D eigenvalue weighted by Crippen LogP contribution is 2.36. The quantitative estimate of drug-likeness (QED) is 0.519. The second kappa shape index (κ2) is 8.46. The number of ether oxygens (including phenoxy) is 1. The number of halogens is 2. The molecule has 1 unspecified atom stereocenters. The zero-order valence-corrected chi connectivity index (χ0v) is 19.7. The normalized spacial score (nSPS) is 17.1. The molecule has 1 aliphatic heterocycles. The van der Waals surface area contributed by atoms with Gasteiger partial charge in [0.05, 0.1) is 23.3 Å². The Kier molecular flexibility index (Phi) is 6.04. The van der Waals surface area contributed by atoms with Crippen LogP contribution in [-0.4, -0.2) is 42.9 Å². The molecule has 31 heavy (non-hydrogen) atoms. The van der Waals surface area contributed by atoms with Crippen LogP contribution in [0.5, 0.6) is 0 Å². The molecule has 0 bridgehead atoms. The number of sulfonamides is 1. The maximum Gasteiger partial charge on any atom is 0.232 e. The van der Waals surface area contributed by atoms with E-state index in [4.69, 9.17) is 32.9 Å². The van der Waals surface area contributed by atoms with Crippen LogP contribution < -0.4 is 9.62 Å². The number of anilines is 3. The SMILES string of the molecule is Cc1nc2c(Nc3ccc(Cl)cc3N(C)S(C)(=O)=O)cc(Cl)nc2n1C1CCCCO1. The molecule has 0 saturated carbocycles. The predicted octanol–water partition coefficient (Wildman–Crippen LogP) is 4.89. The van der Waals surface area contributed by atoms with Crippen molar-refractivity contribution in [3.8, 4) is 0 Å². The molecule has 11 heteroatoms. The largest absolute Gasteiger partial charge is 0.358 e. The first kappa shape index (κ1) is 22.1. The lowest BCUT2D eigenvalue weighted by Gasteiger charge is -2.25. The van der Waals surface area contributed by atoms with Crippen molar-refractivity contribution >= 4 is 61.5 Å². The fraction of sp³-hybridized carbons (Fsp3) is 0.400. The van der Waals surface area contributed by atoms with E-state index in [1.165, 1.54) is 11.4 Å². The minimum absolute atomic E-state index is 0.139. The smallest absolute Gasteiger partial charge is 0.232 e. The summed E-state index contributed by atoms with van der Waals surface area (Å²) in [6.45, 7) is 2.60. The molecule has 0 radical (unpaired) electrons. The van der Waals surface area contributed by atoms with Crippen LogP contribution in [0.15, 0.2) is 24.3 Å². The zero-order chi connectivity index (χ0) is 22.3. The van der Waals surface area contributed by atoms with Gasteiger partial charge >= 0.3 is 0 Å². The summed E-state index contributed by atoms with van der Waals surface area (Å²) in [5.74, 6) is 0.768. The van der Waals surface area contributed by atoms with Crippen molar-refractivity contribution in [1.82, 2.24) is 14.5 Å². The van der Waals surface area contributed by atoms with Gasteiger partial charge in [0.25, 0.3) is 0 Å². The van der Waals surface area contributed by atoms with E-state index in [0.717, 1.165) is 31.3 Å². The van der Waals surface area contributed by atoms with Gasteiger partial charge in [0, 0.05) is 24.7 Å². The molecule has 1 atom stereocenters. The Balaban J connectivity index is 1.82. The van der Waals surface area contributed by atoms with E-state index in [2.05, 4.69) is 10.3 Å².